The Bertz CT molecular complexity index is 1210. The molecule has 1 saturated heterocycles. The van der Waals surface area contributed by atoms with Gasteiger partial charge in [0, 0.05) is 28.6 Å². The molecular weight excluding hydrogens is 480 g/mol. The Kier molecular flexibility index (Phi) is 7.49. The van der Waals surface area contributed by atoms with Gasteiger partial charge < -0.3 is 10.1 Å². The van der Waals surface area contributed by atoms with Crippen LogP contribution in [0.3, 0.4) is 0 Å². The molecule has 0 unspecified atom stereocenters. The first-order valence-electron chi connectivity index (χ1n) is 10.1. The fraction of sp³-hybridized carbons (Fsp3) is 0.125. The molecule has 0 bridgehead atoms. The molecule has 0 aliphatic carbocycles. The first-order chi connectivity index (χ1) is 16.0. The van der Waals surface area contributed by atoms with Gasteiger partial charge >= 0.3 is 0 Å². The van der Waals surface area contributed by atoms with Gasteiger partial charge in [0.1, 0.15) is 12.4 Å². The Morgan fingerprint density at radius 3 is 2.64 bits per heavy atom. The minimum Gasteiger partial charge on any atom is -0.488 e. The summed E-state index contributed by atoms with van der Waals surface area (Å²) in [7, 11) is 0. The third kappa shape index (κ3) is 5.65. The van der Waals surface area contributed by atoms with Gasteiger partial charge in [0.2, 0.25) is 0 Å². The Labute approximate surface area is 204 Å². The van der Waals surface area contributed by atoms with Gasteiger partial charge in [-0.1, -0.05) is 48.0 Å². The minimum atomic E-state index is -0.356. The quantitative estimate of drug-likeness (QED) is 0.418. The third-order valence-corrected chi connectivity index (χ3v) is 6.88. The van der Waals surface area contributed by atoms with Crippen molar-refractivity contribution in [3.05, 3.63) is 92.0 Å². The van der Waals surface area contributed by atoms with Crippen molar-refractivity contribution in [3.8, 4) is 5.75 Å². The maximum absolute atomic E-state index is 12.7. The summed E-state index contributed by atoms with van der Waals surface area (Å²) in [6.45, 7) is 0.431. The highest BCUT2D eigenvalue weighted by Crippen LogP contribution is 2.32. The standard InChI is InChI=1S/C24H19ClN2O4S2/c25-19-9-3-1-6-16(19)15-31-20-10-4-2-8-18(20)22(28)26-11-12-27-23(29)21(33-24(27)30)14-17-7-5-13-32-17/h1-10,13-14H,11-12,15H2,(H,26,28). The van der Waals surface area contributed by atoms with Crippen molar-refractivity contribution in [2.24, 2.45) is 0 Å². The zero-order chi connectivity index (χ0) is 23.2. The van der Waals surface area contributed by atoms with Crippen LogP contribution in [-0.4, -0.2) is 35.0 Å². The van der Waals surface area contributed by atoms with Gasteiger partial charge in [0.05, 0.1) is 10.5 Å². The van der Waals surface area contributed by atoms with Crippen LogP contribution in [0.25, 0.3) is 6.08 Å². The highest BCUT2D eigenvalue weighted by Gasteiger charge is 2.34. The lowest BCUT2D eigenvalue weighted by Crippen LogP contribution is -2.37. The van der Waals surface area contributed by atoms with Crippen molar-refractivity contribution in [1.29, 1.82) is 0 Å². The highest BCUT2D eigenvalue weighted by atomic mass is 35.5. The fourth-order valence-electron chi connectivity index (χ4n) is 3.12. The monoisotopic (exact) mass is 498 g/mol. The van der Waals surface area contributed by atoms with E-state index in [2.05, 4.69) is 5.32 Å². The van der Waals surface area contributed by atoms with Crippen LogP contribution in [-0.2, 0) is 11.4 Å². The first kappa shape index (κ1) is 23.1. The number of para-hydroxylation sites is 1. The molecule has 4 rings (SSSR count). The number of hydrogen-bond donors (Lipinski definition) is 1. The predicted molar refractivity (Wildman–Crippen MR) is 132 cm³/mol. The second-order valence-electron chi connectivity index (χ2n) is 6.98. The number of nitrogens with one attached hydrogen (secondary N) is 1. The second kappa shape index (κ2) is 10.7. The predicted octanol–water partition coefficient (Wildman–Crippen LogP) is 5.45. The Morgan fingerprint density at radius 2 is 1.85 bits per heavy atom. The number of rotatable bonds is 8. The van der Waals surface area contributed by atoms with E-state index in [9.17, 15) is 14.4 Å². The molecule has 1 aliphatic rings. The second-order valence-corrected chi connectivity index (χ2v) is 9.36. The van der Waals surface area contributed by atoms with Crippen molar-refractivity contribution in [3.63, 3.8) is 0 Å². The Morgan fingerprint density at radius 1 is 1.06 bits per heavy atom. The van der Waals surface area contributed by atoms with Gasteiger partial charge in [-0.25, -0.2) is 0 Å². The van der Waals surface area contributed by atoms with Crippen molar-refractivity contribution >= 4 is 57.8 Å². The zero-order valence-corrected chi connectivity index (χ0v) is 19.7. The van der Waals surface area contributed by atoms with Crippen LogP contribution in [0.5, 0.6) is 5.75 Å². The molecule has 0 spiro atoms. The molecule has 33 heavy (non-hydrogen) atoms. The SMILES string of the molecule is O=C(NCCN1C(=O)SC(=Cc2cccs2)C1=O)c1ccccc1OCc1ccccc1Cl. The number of thiophene rings is 1. The van der Waals surface area contributed by atoms with E-state index in [4.69, 9.17) is 16.3 Å². The van der Waals surface area contributed by atoms with Crippen molar-refractivity contribution < 1.29 is 19.1 Å². The number of carbonyl (C=O) groups is 3. The summed E-state index contributed by atoms with van der Waals surface area (Å²) >= 11 is 8.57. The number of imide groups is 1. The van der Waals surface area contributed by atoms with Gasteiger partial charge in [0.25, 0.3) is 17.1 Å². The third-order valence-electron chi connectivity index (χ3n) is 4.78. The van der Waals surface area contributed by atoms with Gasteiger partial charge in [-0.2, -0.15) is 0 Å². The molecule has 168 valence electrons. The van der Waals surface area contributed by atoms with E-state index in [1.807, 2.05) is 35.7 Å². The van der Waals surface area contributed by atoms with E-state index >= 15 is 0 Å². The van der Waals surface area contributed by atoms with Crippen LogP contribution in [0.2, 0.25) is 5.02 Å². The molecule has 3 amide bonds. The number of halogens is 1. The topological polar surface area (TPSA) is 75.7 Å². The largest absolute Gasteiger partial charge is 0.488 e. The lowest BCUT2D eigenvalue weighted by molar-refractivity contribution is -0.122. The van der Waals surface area contributed by atoms with Crippen molar-refractivity contribution in [1.82, 2.24) is 10.2 Å². The molecule has 3 aromatic rings. The lowest BCUT2D eigenvalue weighted by Gasteiger charge is -2.15. The van der Waals surface area contributed by atoms with E-state index in [0.717, 1.165) is 27.1 Å². The van der Waals surface area contributed by atoms with E-state index in [-0.39, 0.29) is 36.7 Å². The Balaban J connectivity index is 1.34. The molecule has 0 atom stereocenters. The average Bonchev–Trinajstić information content (AvgIpc) is 3.42. The normalized spacial score (nSPS) is 14.7. The molecular formula is C24H19ClN2O4S2. The van der Waals surface area contributed by atoms with Gasteiger partial charge in [-0.15, -0.1) is 11.3 Å². The summed E-state index contributed by atoms with van der Waals surface area (Å²) in [5, 5.41) is 4.90. The van der Waals surface area contributed by atoms with Gasteiger partial charge in [-0.3, -0.25) is 19.3 Å². The van der Waals surface area contributed by atoms with E-state index in [1.165, 1.54) is 11.3 Å². The van der Waals surface area contributed by atoms with Gasteiger partial charge in [0.15, 0.2) is 0 Å². The van der Waals surface area contributed by atoms with Crippen LogP contribution in [0.4, 0.5) is 4.79 Å². The van der Waals surface area contributed by atoms with Crippen LogP contribution in [0, 0.1) is 0 Å². The summed E-state index contributed by atoms with van der Waals surface area (Å²) < 4.78 is 5.83. The first-order valence-corrected chi connectivity index (χ1v) is 12.1. The maximum atomic E-state index is 12.7. The Hall–Kier alpha value is -3.07. The van der Waals surface area contributed by atoms with Crippen molar-refractivity contribution in [2.45, 2.75) is 6.61 Å². The zero-order valence-electron chi connectivity index (χ0n) is 17.3. The van der Waals surface area contributed by atoms with E-state index < -0.39 is 0 Å². The maximum Gasteiger partial charge on any atom is 0.293 e. The number of amides is 3. The number of thioether (sulfide) groups is 1. The fourth-order valence-corrected chi connectivity index (χ4v) is 4.90. The van der Waals surface area contributed by atoms with Crippen LogP contribution >= 0.6 is 34.7 Å². The summed E-state index contributed by atoms with van der Waals surface area (Å²) in [6, 6.07) is 18.0. The smallest absolute Gasteiger partial charge is 0.293 e. The number of nitrogens with zero attached hydrogens (tertiary/aromatic N) is 1. The van der Waals surface area contributed by atoms with Crippen molar-refractivity contribution in [2.75, 3.05) is 13.1 Å². The molecule has 9 heteroatoms. The minimum absolute atomic E-state index is 0.0842. The highest BCUT2D eigenvalue weighted by molar-refractivity contribution is 8.18. The molecule has 6 nitrogen and oxygen atoms in total. The molecule has 2 heterocycles. The molecule has 0 radical (unpaired) electrons. The number of ether oxygens (including phenoxy) is 1. The number of benzene rings is 2. The molecule has 2 aromatic carbocycles. The molecule has 1 fully saturated rings. The summed E-state index contributed by atoms with van der Waals surface area (Å²) in [4.78, 5) is 40.0. The molecule has 0 saturated carbocycles. The van der Waals surface area contributed by atoms with E-state index in [1.54, 1.807) is 36.4 Å². The van der Waals surface area contributed by atoms with Crippen LogP contribution in [0.15, 0.2) is 70.9 Å². The molecule has 1 N–H and O–H groups in total. The number of carbonyl (C=O) groups excluding carboxylic acids is 3. The summed E-state index contributed by atoms with van der Waals surface area (Å²) in [5.74, 6) is -0.290. The summed E-state index contributed by atoms with van der Waals surface area (Å²) in [5.41, 5.74) is 1.17. The number of hydrogen-bond acceptors (Lipinski definition) is 6. The molecule has 1 aliphatic heterocycles. The summed E-state index contributed by atoms with van der Waals surface area (Å²) in [6.07, 6.45) is 1.71. The molecule has 1 aromatic heterocycles. The van der Waals surface area contributed by atoms with Crippen LogP contribution in [0.1, 0.15) is 20.8 Å². The van der Waals surface area contributed by atoms with E-state index in [0.29, 0.717) is 21.2 Å². The average molecular weight is 499 g/mol. The van der Waals surface area contributed by atoms with Gasteiger partial charge in [-0.05, 0) is 47.5 Å². The van der Waals surface area contributed by atoms with Crippen LogP contribution < -0.4 is 10.1 Å². The lowest BCUT2D eigenvalue weighted by atomic mass is 10.2.